The van der Waals surface area contributed by atoms with E-state index in [9.17, 15) is 0 Å². The number of nitrogens with zero attached hydrogens (tertiary/aromatic N) is 2. The van der Waals surface area contributed by atoms with Gasteiger partial charge in [0.25, 0.3) is 0 Å². The maximum atomic E-state index is 5.32. The van der Waals surface area contributed by atoms with E-state index in [1.165, 1.54) is 15.6 Å². The summed E-state index contributed by atoms with van der Waals surface area (Å²) in [4.78, 5) is 10.6. The number of aliphatic imine (C=N–C) groups is 1. The molecule has 5 nitrogen and oxygen atoms in total. The maximum absolute atomic E-state index is 5.32. The molecule has 134 valence electrons. The van der Waals surface area contributed by atoms with Crippen molar-refractivity contribution < 1.29 is 4.74 Å². The summed E-state index contributed by atoms with van der Waals surface area (Å²) in [5, 5.41) is 7.84. The van der Waals surface area contributed by atoms with Gasteiger partial charge in [-0.1, -0.05) is 6.92 Å². The van der Waals surface area contributed by atoms with Gasteiger partial charge >= 0.3 is 0 Å². The molecule has 0 saturated heterocycles. The molecule has 1 heterocycles. The number of aryl methyl sites for hydroxylation is 2. The molecule has 23 heavy (non-hydrogen) atoms. The van der Waals surface area contributed by atoms with Crippen molar-refractivity contribution in [2.75, 3.05) is 32.8 Å². The molecular formula is C16H31IN4OS. The van der Waals surface area contributed by atoms with E-state index in [0.717, 1.165) is 58.1 Å². The molecule has 1 aromatic rings. The average molecular weight is 454 g/mol. The van der Waals surface area contributed by atoms with Gasteiger partial charge in [-0.2, -0.15) is 0 Å². The quantitative estimate of drug-likeness (QED) is 0.247. The fourth-order valence-electron chi connectivity index (χ4n) is 2.05. The Kier molecular flexibility index (Phi) is 13.7. The first-order valence-corrected chi connectivity index (χ1v) is 9.07. The molecular weight excluding hydrogens is 423 g/mol. The summed E-state index contributed by atoms with van der Waals surface area (Å²) < 4.78 is 5.32. The SMILES string of the molecule is CCNC(=NCCCOCC)NCCc1nc(CC)c(C)s1.I. The normalized spacial score (nSPS) is 11.2. The number of guanidine groups is 1. The summed E-state index contributed by atoms with van der Waals surface area (Å²) in [6.45, 7) is 12.5. The smallest absolute Gasteiger partial charge is 0.191 e. The van der Waals surface area contributed by atoms with Crippen LogP contribution in [0.15, 0.2) is 4.99 Å². The molecule has 0 amide bonds. The summed E-state index contributed by atoms with van der Waals surface area (Å²) in [7, 11) is 0. The zero-order valence-electron chi connectivity index (χ0n) is 14.8. The fraction of sp³-hybridized carbons (Fsp3) is 0.750. The molecule has 0 aromatic carbocycles. The number of hydrogen-bond donors (Lipinski definition) is 2. The molecule has 0 aliphatic carbocycles. The molecule has 0 spiro atoms. The summed E-state index contributed by atoms with van der Waals surface area (Å²) in [5.41, 5.74) is 1.23. The Hall–Kier alpha value is -0.410. The van der Waals surface area contributed by atoms with Crippen LogP contribution in [0.2, 0.25) is 0 Å². The van der Waals surface area contributed by atoms with Gasteiger partial charge in [0.15, 0.2) is 5.96 Å². The van der Waals surface area contributed by atoms with Crippen molar-refractivity contribution in [1.29, 1.82) is 0 Å². The van der Waals surface area contributed by atoms with Crippen LogP contribution in [-0.4, -0.2) is 43.8 Å². The van der Waals surface area contributed by atoms with Crippen LogP contribution in [0, 0.1) is 6.92 Å². The molecule has 2 N–H and O–H groups in total. The predicted octanol–water partition coefficient (Wildman–Crippen LogP) is 3.16. The third-order valence-corrected chi connectivity index (χ3v) is 4.24. The minimum absolute atomic E-state index is 0. The Morgan fingerprint density at radius 1 is 1.26 bits per heavy atom. The van der Waals surface area contributed by atoms with Crippen LogP contribution in [0.1, 0.15) is 42.8 Å². The molecule has 1 aromatic heterocycles. The number of thiazole rings is 1. The molecule has 0 aliphatic rings. The minimum Gasteiger partial charge on any atom is -0.382 e. The first kappa shape index (κ1) is 22.6. The number of aromatic nitrogens is 1. The lowest BCUT2D eigenvalue weighted by atomic mass is 10.3. The van der Waals surface area contributed by atoms with Crippen molar-refractivity contribution >= 4 is 41.3 Å². The molecule has 1 rings (SSSR count). The van der Waals surface area contributed by atoms with Crippen molar-refractivity contribution in [1.82, 2.24) is 15.6 Å². The van der Waals surface area contributed by atoms with E-state index in [0.29, 0.717) is 0 Å². The first-order valence-electron chi connectivity index (χ1n) is 8.26. The van der Waals surface area contributed by atoms with Gasteiger partial charge in [0.2, 0.25) is 0 Å². The highest BCUT2D eigenvalue weighted by Gasteiger charge is 2.06. The van der Waals surface area contributed by atoms with Gasteiger partial charge in [-0.25, -0.2) is 4.98 Å². The topological polar surface area (TPSA) is 58.5 Å². The Labute approximate surface area is 161 Å². The fourth-order valence-corrected chi connectivity index (χ4v) is 3.08. The van der Waals surface area contributed by atoms with Crippen molar-refractivity contribution in [2.24, 2.45) is 4.99 Å². The second-order valence-corrected chi connectivity index (χ2v) is 6.24. The molecule has 0 radical (unpaired) electrons. The van der Waals surface area contributed by atoms with Gasteiger partial charge in [0.05, 0.1) is 10.7 Å². The van der Waals surface area contributed by atoms with Crippen molar-refractivity contribution in [2.45, 2.75) is 47.0 Å². The summed E-state index contributed by atoms with van der Waals surface area (Å²) in [5.74, 6) is 0.878. The van der Waals surface area contributed by atoms with Crippen LogP contribution >= 0.6 is 35.3 Å². The van der Waals surface area contributed by atoms with E-state index in [4.69, 9.17) is 4.74 Å². The maximum Gasteiger partial charge on any atom is 0.191 e. The molecule has 0 bridgehead atoms. The number of rotatable bonds is 10. The monoisotopic (exact) mass is 454 g/mol. The lowest BCUT2D eigenvalue weighted by molar-refractivity contribution is 0.146. The average Bonchev–Trinajstić information content (AvgIpc) is 2.87. The third kappa shape index (κ3) is 9.46. The second kappa shape index (κ2) is 14.0. The zero-order valence-corrected chi connectivity index (χ0v) is 17.9. The number of nitrogens with one attached hydrogen (secondary N) is 2. The van der Waals surface area contributed by atoms with Gasteiger partial charge in [-0.05, 0) is 33.6 Å². The van der Waals surface area contributed by atoms with Gasteiger partial charge < -0.3 is 15.4 Å². The van der Waals surface area contributed by atoms with Crippen LogP contribution in [0.4, 0.5) is 0 Å². The number of ether oxygens (including phenoxy) is 1. The van der Waals surface area contributed by atoms with E-state index >= 15 is 0 Å². The Balaban J connectivity index is 0.00000484. The highest BCUT2D eigenvalue weighted by Crippen LogP contribution is 2.17. The summed E-state index contributed by atoms with van der Waals surface area (Å²) in [6.07, 6.45) is 2.91. The van der Waals surface area contributed by atoms with Crippen molar-refractivity contribution in [3.63, 3.8) is 0 Å². The van der Waals surface area contributed by atoms with Crippen LogP contribution in [0.5, 0.6) is 0 Å². The Morgan fingerprint density at radius 2 is 2.04 bits per heavy atom. The zero-order chi connectivity index (χ0) is 16.2. The lowest BCUT2D eigenvalue weighted by Gasteiger charge is -2.10. The van der Waals surface area contributed by atoms with Crippen LogP contribution in [-0.2, 0) is 17.6 Å². The van der Waals surface area contributed by atoms with Crippen LogP contribution in [0.25, 0.3) is 0 Å². The molecule has 7 heteroatoms. The minimum atomic E-state index is 0. The largest absolute Gasteiger partial charge is 0.382 e. The van der Waals surface area contributed by atoms with Gasteiger partial charge in [0.1, 0.15) is 0 Å². The highest BCUT2D eigenvalue weighted by molar-refractivity contribution is 14.0. The standard InChI is InChI=1S/C16H30N4OS.HI/c1-5-14-13(4)22-15(20-14)9-11-19-16(17-6-2)18-10-8-12-21-7-3;/h5-12H2,1-4H3,(H2,17,18,19);1H. The molecule has 0 atom stereocenters. The Bertz CT molecular complexity index is 451. The first-order chi connectivity index (χ1) is 10.7. The van der Waals surface area contributed by atoms with E-state index in [2.05, 4.69) is 41.4 Å². The molecule has 0 aliphatic heterocycles. The third-order valence-electron chi connectivity index (χ3n) is 3.17. The van der Waals surface area contributed by atoms with Crippen LogP contribution < -0.4 is 10.6 Å². The number of hydrogen-bond acceptors (Lipinski definition) is 4. The Morgan fingerprint density at radius 3 is 2.65 bits per heavy atom. The highest BCUT2D eigenvalue weighted by atomic mass is 127. The predicted molar refractivity (Wildman–Crippen MR) is 110 cm³/mol. The van der Waals surface area contributed by atoms with E-state index in [-0.39, 0.29) is 24.0 Å². The van der Waals surface area contributed by atoms with E-state index in [1.807, 2.05) is 6.92 Å². The van der Waals surface area contributed by atoms with E-state index in [1.54, 1.807) is 11.3 Å². The van der Waals surface area contributed by atoms with Crippen molar-refractivity contribution in [3.05, 3.63) is 15.6 Å². The molecule has 0 unspecified atom stereocenters. The number of halogens is 1. The molecule has 0 fully saturated rings. The van der Waals surface area contributed by atoms with Gasteiger partial charge in [0, 0.05) is 44.1 Å². The van der Waals surface area contributed by atoms with E-state index < -0.39 is 0 Å². The summed E-state index contributed by atoms with van der Waals surface area (Å²) in [6, 6.07) is 0. The molecule has 0 saturated carbocycles. The lowest BCUT2D eigenvalue weighted by Crippen LogP contribution is -2.38. The summed E-state index contributed by atoms with van der Waals surface area (Å²) >= 11 is 1.80. The van der Waals surface area contributed by atoms with Crippen LogP contribution in [0.3, 0.4) is 0 Å². The van der Waals surface area contributed by atoms with Gasteiger partial charge in [-0.3, -0.25) is 4.99 Å². The van der Waals surface area contributed by atoms with Crippen molar-refractivity contribution in [3.8, 4) is 0 Å². The van der Waals surface area contributed by atoms with Gasteiger partial charge in [-0.15, -0.1) is 35.3 Å². The second-order valence-electron chi connectivity index (χ2n) is 4.95.